The normalized spacial score (nSPS) is 14.2. The molecule has 1 aliphatic rings. The molecule has 0 saturated carbocycles. The largest absolute Gasteiger partial charge is 0.346 e. The molecule has 1 amide bonds. The van der Waals surface area contributed by atoms with Gasteiger partial charge in [0, 0.05) is 21.2 Å². The number of amides is 1. The number of hydrogen-bond acceptors (Lipinski definition) is 3. The van der Waals surface area contributed by atoms with Crippen LogP contribution in [0.3, 0.4) is 0 Å². The summed E-state index contributed by atoms with van der Waals surface area (Å²) in [6, 6.07) is 17.8. The van der Waals surface area contributed by atoms with Crippen molar-refractivity contribution >= 4 is 44.8 Å². The summed E-state index contributed by atoms with van der Waals surface area (Å²) in [6.07, 6.45) is 5.77. The van der Waals surface area contributed by atoms with Crippen molar-refractivity contribution < 1.29 is 13.2 Å². The summed E-state index contributed by atoms with van der Waals surface area (Å²) in [5.74, 6) is -0.221. The molecule has 1 aliphatic carbocycles. The fourth-order valence-corrected chi connectivity index (χ4v) is 5.78. The standard InChI is InChI=1S/C27H28Cl2N2O3S/c1-18(21-11-10-19-6-3-4-7-22(19)16-21)30-27(32)20-12-14-23(15-13-20)31(35(2,33)34)17-24-25(28)8-5-9-26(24)29/h5,8-16,18H,3-4,6-7,17H2,1-2H3,(H,30,32)/t18-/m1/s1. The zero-order chi connectivity index (χ0) is 25.2. The maximum absolute atomic E-state index is 12.9. The number of aryl methyl sites for hydroxylation is 2. The number of hydrogen-bond donors (Lipinski definition) is 1. The molecule has 5 nitrogen and oxygen atoms in total. The molecule has 184 valence electrons. The molecule has 0 aromatic heterocycles. The Morgan fingerprint density at radius 3 is 2.23 bits per heavy atom. The molecule has 0 aliphatic heterocycles. The molecular formula is C27H28Cl2N2O3S. The molecule has 0 saturated heterocycles. The van der Waals surface area contributed by atoms with Gasteiger partial charge in [0.1, 0.15) is 0 Å². The molecule has 0 bridgehead atoms. The fourth-order valence-electron chi connectivity index (χ4n) is 4.39. The minimum atomic E-state index is -3.63. The highest BCUT2D eigenvalue weighted by molar-refractivity contribution is 7.92. The van der Waals surface area contributed by atoms with Gasteiger partial charge in [-0.15, -0.1) is 0 Å². The summed E-state index contributed by atoms with van der Waals surface area (Å²) in [6.45, 7) is 1.95. The molecule has 1 atom stereocenters. The maximum atomic E-state index is 12.9. The van der Waals surface area contributed by atoms with Crippen LogP contribution in [0.5, 0.6) is 0 Å². The Hall–Kier alpha value is -2.54. The number of sulfonamides is 1. The van der Waals surface area contributed by atoms with Crippen molar-refractivity contribution in [2.75, 3.05) is 10.6 Å². The third kappa shape index (κ3) is 6.00. The number of rotatable bonds is 7. The Bertz CT molecular complexity index is 1320. The highest BCUT2D eigenvalue weighted by Crippen LogP contribution is 2.30. The Kier molecular flexibility index (Phi) is 7.74. The van der Waals surface area contributed by atoms with E-state index in [1.807, 2.05) is 6.92 Å². The SMILES string of the molecule is C[C@@H](NC(=O)c1ccc(N(Cc2c(Cl)cccc2Cl)S(C)(=O)=O)cc1)c1ccc2c(c1)CCCC2. The van der Waals surface area contributed by atoms with Crippen LogP contribution in [0.1, 0.15) is 58.4 Å². The number of fused-ring (bicyclic) bond motifs is 1. The van der Waals surface area contributed by atoms with Gasteiger partial charge in [0.15, 0.2) is 0 Å². The van der Waals surface area contributed by atoms with Gasteiger partial charge in [-0.3, -0.25) is 9.10 Å². The first-order valence-corrected chi connectivity index (χ1v) is 14.2. The van der Waals surface area contributed by atoms with E-state index in [4.69, 9.17) is 23.2 Å². The predicted octanol–water partition coefficient (Wildman–Crippen LogP) is 6.33. The highest BCUT2D eigenvalue weighted by Gasteiger charge is 2.21. The van der Waals surface area contributed by atoms with Crippen molar-refractivity contribution in [1.29, 1.82) is 0 Å². The van der Waals surface area contributed by atoms with Crippen LogP contribution in [0.2, 0.25) is 10.0 Å². The van der Waals surface area contributed by atoms with E-state index >= 15 is 0 Å². The van der Waals surface area contributed by atoms with E-state index in [2.05, 4.69) is 23.5 Å². The molecule has 8 heteroatoms. The predicted molar refractivity (Wildman–Crippen MR) is 143 cm³/mol. The van der Waals surface area contributed by atoms with Crippen LogP contribution in [-0.2, 0) is 29.4 Å². The summed E-state index contributed by atoms with van der Waals surface area (Å²) in [5, 5.41) is 3.82. The van der Waals surface area contributed by atoms with E-state index in [1.54, 1.807) is 42.5 Å². The summed E-state index contributed by atoms with van der Waals surface area (Å²) < 4.78 is 26.3. The highest BCUT2D eigenvalue weighted by atomic mass is 35.5. The van der Waals surface area contributed by atoms with E-state index in [-0.39, 0.29) is 18.5 Å². The lowest BCUT2D eigenvalue weighted by atomic mass is 9.89. The van der Waals surface area contributed by atoms with Crippen LogP contribution in [0, 0.1) is 0 Å². The third-order valence-electron chi connectivity index (χ3n) is 6.40. The average molecular weight is 532 g/mol. The second-order valence-electron chi connectivity index (χ2n) is 8.95. The van der Waals surface area contributed by atoms with E-state index in [9.17, 15) is 13.2 Å². The van der Waals surface area contributed by atoms with Crippen LogP contribution in [0.4, 0.5) is 5.69 Å². The third-order valence-corrected chi connectivity index (χ3v) is 8.25. The molecule has 0 heterocycles. The summed E-state index contributed by atoms with van der Waals surface area (Å²) >= 11 is 12.5. The molecular weight excluding hydrogens is 503 g/mol. The molecule has 35 heavy (non-hydrogen) atoms. The first-order chi connectivity index (χ1) is 16.6. The molecule has 3 aromatic rings. The van der Waals surface area contributed by atoms with Crippen molar-refractivity contribution in [3.8, 4) is 0 Å². The number of halogens is 2. The van der Waals surface area contributed by atoms with Gasteiger partial charge in [0.25, 0.3) is 5.91 Å². The molecule has 0 radical (unpaired) electrons. The monoisotopic (exact) mass is 530 g/mol. The summed E-state index contributed by atoms with van der Waals surface area (Å²) in [4.78, 5) is 12.9. The Balaban J connectivity index is 1.50. The maximum Gasteiger partial charge on any atom is 0.251 e. The molecule has 0 spiro atoms. The van der Waals surface area contributed by atoms with Gasteiger partial charge in [-0.1, -0.05) is 47.5 Å². The molecule has 3 aromatic carbocycles. The zero-order valence-electron chi connectivity index (χ0n) is 19.7. The number of carbonyl (C=O) groups excluding carboxylic acids is 1. The second-order valence-corrected chi connectivity index (χ2v) is 11.7. The molecule has 1 N–H and O–H groups in total. The minimum absolute atomic E-state index is 0.0156. The lowest BCUT2D eigenvalue weighted by Crippen LogP contribution is -2.30. The van der Waals surface area contributed by atoms with Gasteiger partial charge in [-0.25, -0.2) is 8.42 Å². The summed E-state index contributed by atoms with van der Waals surface area (Å²) in [5.41, 5.74) is 5.24. The van der Waals surface area contributed by atoms with Gasteiger partial charge < -0.3 is 5.32 Å². The molecule has 0 fully saturated rings. The topological polar surface area (TPSA) is 66.5 Å². The molecule has 4 rings (SSSR count). The number of carbonyl (C=O) groups is 1. The first-order valence-electron chi connectivity index (χ1n) is 11.6. The number of nitrogens with zero attached hydrogens (tertiary/aromatic N) is 1. The number of benzene rings is 3. The van der Waals surface area contributed by atoms with Crippen molar-refractivity contribution in [3.63, 3.8) is 0 Å². The minimum Gasteiger partial charge on any atom is -0.346 e. The smallest absolute Gasteiger partial charge is 0.251 e. The fraction of sp³-hybridized carbons (Fsp3) is 0.296. The number of nitrogens with one attached hydrogen (secondary N) is 1. The Morgan fingerprint density at radius 2 is 1.60 bits per heavy atom. The van der Waals surface area contributed by atoms with Crippen LogP contribution < -0.4 is 9.62 Å². The molecule has 0 unspecified atom stereocenters. The van der Waals surface area contributed by atoms with Crippen molar-refractivity contribution in [1.82, 2.24) is 5.32 Å². The number of anilines is 1. The van der Waals surface area contributed by atoms with E-state index < -0.39 is 10.0 Å². The zero-order valence-corrected chi connectivity index (χ0v) is 22.1. The second kappa shape index (κ2) is 10.6. The van der Waals surface area contributed by atoms with E-state index in [1.165, 1.54) is 28.3 Å². The Morgan fingerprint density at radius 1 is 0.971 bits per heavy atom. The van der Waals surface area contributed by atoms with Gasteiger partial charge >= 0.3 is 0 Å². The van der Waals surface area contributed by atoms with Crippen LogP contribution in [0.25, 0.3) is 0 Å². The van der Waals surface area contributed by atoms with Gasteiger partial charge in [0.2, 0.25) is 10.0 Å². The van der Waals surface area contributed by atoms with E-state index in [0.717, 1.165) is 24.7 Å². The van der Waals surface area contributed by atoms with Crippen LogP contribution in [-0.4, -0.2) is 20.6 Å². The van der Waals surface area contributed by atoms with E-state index in [0.29, 0.717) is 26.9 Å². The van der Waals surface area contributed by atoms with Crippen molar-refractivity contribution in [2.45, 2.75) is 45.2 Å². The van der Waals surface area contributed by atoms with Crippen molar-refractivity contribution in [2.24, 2.45) is 0 Å². The van der Waals surface area contributed by atoms with Gasteiger partial charge in [-0.2, -0.15) is 0 Å². The van der Waals surface area contributed by atoms with Crippen LogP contribution >= 0.6 is 23.2 Å². The van der Waals surface area contributed by atoms with Crippen molar-refractivity contribution in [3.05, 3.63) is 98.5 Å². The Labute approximate surface area is 217 Å². The first kappa shape index (κ1) is 25.5. The van der Waals surface area contributed by atoms with Gasteiger partial charge in [-0.05, 0) is 85.7 Å². The summed E-state index contributed by atoms with van der Waals surface area (Å²) in [7, 11) is -3.63. The lowest BCUT2D eigenvalue weighted by molar-refractivity contribution is 0.0940. The quantitative estimate of drug-likeness (QED) is 0.388. The van der Waals surface area contributed by atoms with Crippen LogP contribution in [0.15, 0.2) is 60.7 Å². The average Bonchev–Trinajstić information content (AvgIpc) is 2.83. The lowest BCUT2D eigenvalue weighted by Gasteiger charge is -2.24. The van der Waals surface area contributed by atoms with Gasteiger partial charge in [0.05, 0.1) is 24.5 Å².